The molecule has 0 N–H and O–H groups in total. The number of hydrogen-bond donors (Lipinski definition) is 0. The van der Waals surface area contributed by atoms with Crippen LogP contribution in [0.3, 0.4) is 0 Å². The second-order valence-corrected chi connectivity index (χ2v) is 3.68. The first-order valence-electron chi connectivity index (χ1n) is 4.58. The Bertz CT molecular complexity index is 430. The summed E-state index contributed by atoms with van der Waals surface area (Å²) in [6, 6.07) is 1.15. The Morgan fingerprint density at radius 3 is 2.44 bits per heavy atom. The van der Waals surface area contributed by atoms with E-state index in [-0.39, 0.29) is 11.2 Å². The van der Waals surface area contributed by atoms with E-state index in [4.69, 9.17) is 16.9 Å². The summed E-state index contributed by atoms with van der Waals surface area (Å²) in [5, 5.41) is 11.7. The highest BCUT2D eigenvalue weighted by Crippen LogP contribution is 2.35. The molecule has 16 heavy (non-hydrogen) atoms. The van der Waals surface area contributed by atoms with Gasteiger partial charge in [0.2, 0.25) is 0 Å². The smallest absolute Gasteiger partial charge is 0.249 e. The van der Waals surface area contributed by atoms with E-state index >= 15 is 0 Å². The molecule has 88 valence electrons. The van der Waals surface area contributed by atoms with Gasteiger partial charge in [0.1, 0.15) is 16.8 Å². The molecule has 0 aromatic carbocycles. The van der Waals surface area contributed by atoms with Crippen molar-refractivity contribution in [1.82, 2.24) is 9.78 Å². The fourth-order valence-electron chi connectivity index (χ4n) is 1.18. The van der Waals surface area contributed by atoms with Gasteiger partial charge in [-0.2, -0.15) is 23.5 Å². The molecule has 0 aliphatic carbocycles. The molecule has 0 spiro atoms. The van der Waals surface area contributed by atoms with E-state index in [1.807, 2.05) is 0 Å². The normalized spacial score (nSPS) is 13.6. The zero-order chi connectivity index (χ0) is 12.5. The summed E-state index contributed by atoms with van der Waals surface area (Å²) in [5.41, 5.74) is -1.84. The van der Waals surface area contributed by atoms with Gasteiger partial charge < -0.3 is 0 Å². The molecule has 0 fully saturated rings. The monoisotopic (exact) mass is 251 g/mol. The first-order valence-corrected chi connectivity index (χ1v) is 4.96. The first kappa shape index (κ1) is 12.8. The lowest BCUT2D eigenvalue weighted by atomic mass is 10.2. The predicted octanol–water partition coefficient (Wildman–Crippen LogP) is 3.40. The van der Waals surface area contributed by atoms with E-state index in [0.717, 1.165) is 4.68 Å². The highest BCUT2D eigenvalue weighted by molar-refractivity contribution is 6.30. The molecule has 7 heteroatoms. The molecule has 0 saturated heterocycles. The van der Waals surface area contributed by atoms with Crippen LogP contribution in [0, 0.1) is 11.3 Å². The summed E-state index contributed by atoms with van der Waals surface area (Å²) in [6.45, 7) is 3.47. The number of aromatic nitrogens is 2. The molecule has 1 aromatic rings. The zero-order valence-electron chi connectivity index (χ0n) is 8.64. The van der Waals surface area contributed by atoms with E-state index < -0.39 is 17.4 Å². The second kappa shape index (κ2) is 4.34. The van der Waals surface area contributed by atoms with Crippen molar-refractivity contribution in [3.8, 4) is 6.07 Å². The summed E-state index contributed by atoms with van der Waals surface area (Å²) >= 11 is 5.69. The average molecular weight is 252 g/mol. The maximum absolute atomic E-state index is 12.5. The molecule has 1 aromatic heterocycles. The van der Waals surface area contributed by atoms with Crippen molar-refractivity contribution in [1.29, 1.82) is 5.26 Å². The van der Waals surface area contributed by atoms with E-state index in [9.17, 15) is 13.2 Å². The molecule has 0 saturated carbocycles. The molecule has 1 atom stereocenters. The van der Waals surface area contributed by atoms with Crippen molar-refractivity contribution >= 4 is 11.6 Å². The predicted molar refractivity (Wildman–Crippen MR) is 52.0 cm³/mol. The van der Waals surface area contributed by atoms with Crippen LogP contribution < -0.4 is 0 Å². The van der Waals surface area contributed by atoms with Crippen LogP contribution in [-0.2, 0) is 6.18 Å². The fraction of sp³-hybridized carbons (Fsp3) is 0.556. The van der Waals surface area contributed by atoms with E-state index in [2.05, 4.69) is 5.10 Å². The number of halogens is 4. The summed E-state index contributed by atoms with van der Waals surface area (Å²) in [6.07, 6.45) is -4.09. The highest BCUT2D eigenvalue weighted by Gasteiger charge is 2.39. The molecule has 1 rings (SSSR count). The third kappa shape index (κ3) is 2.14. The quantitative estimate of drug-likeness (QED) is 0.808. The number of nitrogens with zero attached hydrogens (tertiary/aromatic N) is 3. The van der Waals surface area contributed by atoms with E-state index in [0.29, 0.717) is 6.42 Å². The number of hydrogen-bond acceptors (Lipinski definition) is 2. The van der Waals surface area contributed by atoms with Crippen LogP contribution >= 0.6 is 11.6 Å². The lowest BCUT2D eigenvalue weighted by Crippen LogP contribution is -2.11. The molecule has 0 aliphatic rings. The van der Waals surface area contributed by atoms with Gasteiger partial charge in [-0.25, -0.2) is 4.68 Å². The van der Waals surface area contributed by atoms with Gasteiger partial charge in [0.15, 0.2) is 5.69 Å². The van der Waals surface area contributed by atoms with Gasteiger partial charge in [0, 0.05) is 0 Å². The SMILES string of the molecule is CCC(C)n1nc(C(F)(F)F)c(C#N)c1Cl. The molecular weight excluding hydrogens is 243 g/mol. The van der Waals surface area contributed by atoms with Gasteiger partial charge in [-0.15, -0.1) is 0 Å². The molecule has 1 heterocycles. The molecule has 0 aliphatic heterocycles. The minimum Gasteiger partial charge on any atom is -0.249 e. The average Bonchev–Trinajstić information content (AvgIpc) is 2.53. The Morgan fingerprint density at radius 2 is 2.12 bits per heavy atom. The minimum atomic E-state index is -4.66. The summed E-state index contributed by atoms with van der Waals surface area (Å²) in [4.78, 5) is 0. The maximum atomic E-state index is 12.5. The third-order valence-electron chi connectivity index (χ3n) is 2.24. The van der Waals surface area contributed by atoms with Crippen molar-refractivity contribution in [2.75, 3.05) is 0 Å². The second-order valence-electron chi connectivity index (χ2n) is 3.33. The van der Waals surface area contributed by atoms with Crippen molar-refractivity contribution in [2.45, 2.75) is 32.5 Å². The largest absolute Gasteiger partial charge is 0.436 e. The Kier molecular flexibility index (Phi) is 3.48. The van der Waals surface area contributed by atoms with E-state index in [1.54, 1.807) is 13.8 Å². The van der Waals surface area contributed by atoms with Crippen molar-refractivity contribution in [3.05, 3.63) is 16.4 Å². The summed E-state index contributed by atoms with van der Waals surface area (Å²) in [5.74, 6) is 0. The Labute approximate surface area is 95.4 Å². The van der Waals surface area contributed by atoms with Crippen LogP contribution in [0.5, 0.6) is 0 Å². The number of rotatable bonds is 2. The van der Waals surface area contributed by atoms with Crippen LogP contribution in [0.2, 0.25) is 5.15 Å². The topological polar surface area (TPSA) is 41.6 Å². The zero-order valence-corrected chi connectivity index (χ0v) is 9.39. The molecule has 0 bridgehead atoms. The van der Waals surface area contributed by atoms with Crippen LogP contribution in [-0.4, -0.2) is 9.78 Å². The molecule has 0 amide bonds. The van der Waals surface area contributed by atoms with Crippen LogP contribution in [0.25, 0.3) is 0 Å². The van der Waals surface area contributed by atoms with Gasteiger partial charge >= 0.3 is 6.18 Å². The Morgan fingerprint density at radius 1 is 1.56 bits per heavy atom. The van der Waals surface area contributed by atoms with Crippen LogP contribution in [0.1, 0.15) is 37.6 Å². The minimum absolute atomic E-state index is 0.260. The van der Waals surface area contributed by atoms with Gasteiger partial charge in [-0.05, 0) is 13.3 Å². The Hall–Kier alpha value is -1.22. The molecule has 0 radical (unpaired) electrons. The van der Waals surface area contributed by atoms with Crippen molar-refractivity contribution in [3.63, 3.8) is 0 Å². The van der Waals surface area contributed by atoms with Gasteiger partial charge in [-0.1, -0.05) is 18.5 Å². The number of alkyl halides is 3. The van der Waals surface area contributed by atoms with Crippen LogP contribution in [0.4, 0.5) is 13.2 Å². The van der Waals surface area contributed by atoms with Crippen LogP contribution in [0.15, 0.2) is 0 Å². The molecule has 3 nitrogen and oxygen atoms in total. The van der Waals surface area contributed by atoms with Gasteiger partial charge in [0.25, 0.3) is 0 Å². The molecular formula is C9H9ClF3N3. The first-order chi connectivity index (χ1) is 7.32. The Balaban J connectivity index is 3.39. The third-order valence-corrected chi connectivity index (χ3v) is 2.60. The van der Waals surface area contributed by atoms with Crippen molar-refractivity contribution in [2.24, 2.45) is 0 Å². The standard InChI is InChI=1S/C9H9ClF3N3/c1-3-5(2)16-8(10)6(4-14)7(15-16)9(11,12)13/h5H,3H2,1-2H3. The fourth-order valence-corrected chi connectivity index (χ4v) is 1.51. The number of nitriles is 1. The van der Waals surface area contributed by atoms with E-state index in [1.165, 1.54) is 6.07 Å². The lowest BCUT2D eigenvalue weighted by molar-refractivity contribution is -0.141. The van der Waals surface area contributed by atoms with Gasteiger partial charge in [-0.3, -0.25) is 0 Å². The maximum Gasteiger partial charge on any atom is 0.436 e. The lowest BCUT2D eigenvalue weighted by Gasteiger charge is -2.09. The molecule has 1 unspecified atom stereocenters. The highest BCUT2D eigenvalue weighted by atomic mass is 35.5. The summed E-state index contributed by atoms with van der Waals surface area (Å²) in [7, 11) is 0. The van der Waals surface area contributed by atoms with Gasteiger partial charge in [0.05, 0.1) is 6.04 Å². The van der Waals surface area contributed by atoms with Crippen molar-refractivity contribution < 1.29 is 13.2 Å². The summed E-state index contributed by atoms with van der Waals surface area (Å²) < 4.78 is 38.6.